The fourth-order valence-corrected chi connectivity index (χ4v) is 1.21. The van der Waals surface area contributed by atoms with Gasteiger partial charge in [0.2, 0.25) is 0 Å². The van der Waals surface area contributed by atoms with E-state index in [2.05, 4.69) is 4.74 Å². The molecule has 0 N–H and O–H groups in total. The van der Waals surface area contributed by atoms with Gasteiger partial charge in [-0.05, 0) is 5.56 Å². The van der Waals surface area contributed by atoms with Crippen molar-refractivity contribution in [3.63, 3.8) is 0 Å². The largest absolute Gasteiger partial charge is 0.492 e. The Morgan fingerprint density at radius 2 is 2.06 bits per heavy atom. The van der Waals surface area contributed by atoms with Gasteiger partial charge in [-0.25, -0.2) is 4.79 Å². The van der Waals surface area contributed by atoms with Crippen LogP contribution in [-0.2, 0) is 20.9 Å². The van der Waals surface area contributed by atoms with Gasteiger partial charge in [-0.15, -0.1) is 11.6 Å². The molecular weight excluding hydrogens is 228 g/mol. The Bertz CT molecular complexity index is 360. The molecule has 0 fully saturated rings. The van der Waals surface area contributed by atoms with E-state index < -0.39 is 5.97 Å². The summed E-state index contributed by atoms with van der Waals surface area (Å²) in [6, 6.07) is 9.64. The summed E-state index contributed by atoms with van der Waals surface area (Å²) in [4.78, 5) is 11.0. The fraction of sp³-hybridized carbons (Fsp3) is 0.250. The molecule has 0 aromatic heterocycles. The first kappa shape index (κ1) is 12.6. The first-order chi connectivity index (χ1) is 7.76. The van der Waals surface area contributed by atoms with Crippen molar-refractivity contribution in [1.29, 1.82) is 0 Å². The van der Waals surface area contributed by atoms with E-state index in [1.807, 2.05) is 30.3 Å². The third kappa shape index (κ3) is 4.36. The maximum Gasteiger partial charge on any atom is 0.333 e. The summed E-state index contributed by atoms with van der Waals surface area (Å²) in [6.07, 6.45) is 1.25. The molecule has 0 unspecified atom stereocenters. The van der Waals surface area contributed by atoms with Crippen LogP contribution in [0, 0.1) is 0 Å². The molecule has 1 aromatic carbocycles. The van der Waals surface area contributed by atoms with Crippen LogP contribution in [0.4, 0.5) is 0 Å². The van der Waals surface area contributed by atoms with Crippen molar-refractivity contribution < 1.29 is 14.3 Å². The molecule has 0 aliphatic carbocycles. The van der Waals surface area contributed by atoms with Crippen molar-refractivity contribution >= 4 is 17.6 Å². The quantitative estimate of drug-likeness (QED) is 0.343. The van der Waals surface area contributed by atoms with Crippen LogP contribution in [-0.4, -0.2) is 19.0 Å². The van der Waals surface area contributed by atoms with Crippen LogP contribution in [0.1, 0.15) is 5.56 Å². The number of methoxy groups -OCH3 is 1. The van der Waals surface area contributed by atoms with Crippen LogP contribution in [0.15, 0.2) is 42.2 Å². The summed E-state index contributed by atoms with van der Waals surface area (Å²) >= 11 is 5.63. The number of hydrogen-bond donors (Lipinski definition) is 0. The van der Waals surface area contributed by atoms with Gasteiger partial charge in [-0.2, -0.15) is 0 Å². The second-order valence-corrected chi connectivity index (χ2v) is 3.31. The van der Waals surface area contributed by atoms with Crippen molar-refractivity contribution in [1.82, 2.24) is 0 Å². The van der Waals surface area contributed by atoms with Crippen LogP contribution in [0.3, 0.4) is 0 Å². The van der Waals surface area contributed by atoms with Gasteiger partial charge in [-0.3, -0.25) is 0 Å². The fourth-order valence-electron chi connectivity index (χ4n) is 1.06. The lowest BCUT2D eigenvalue weighted by Crippen LogP contribution is -2.01. The van der Waals surface area contributed by atoms with E-state index in [0.717, 1.165) is 5.56 Å². The Hall–Kier alpha value is -1.48. The second-order valence-electron chi connectivity index (χ2n) is 3.04. The standard InChI is InChI=1S/C12H13ClO3/c1-15-12(14)7-11(8-13)16-9-10-5-3-2-4-6-10/h2-7H,8-9H2,1H3/b11-7-. The number of ether oxygens (including phenoxy) is 2. The number of carbonyl (C=O) groups excluding carboxylic acids is 1. The van der Waals surface area contributed by atoms with Gasteiger partial charge in [0.15, 0.2) is 0 Å². The summed E-state index contributed by atoms with van der Waals surface area (Å²) in [5.41, 5.74) is 1.02. The highest BCUT2D eigenvalue weighted by Gasteiger charge is 2.02. The molecule has 1 aromatic rings. The number of esters is 1. The number of rotatable bonds is 5. The lowest BCUT2D eigenvalue weighted by Gasteiger charge is -2.07. The Labute approximate surface area is 99.6 Å². The minimum Gasteiger partial charge on any atom is -0.492 e. The molecule has 0 spiro atoms. The Morgan fingerprint density at radius 1 is 1.38 bits per heavy atom. The van der Waals surface area contributed by atoms with E-state index in [4.69, 9.17) is 16.3 Å². The number of hydrogen-bond acceptors (Lipinski definition) is 3. The van der Waals surface area contributed by atoms with E-state index in [1.54, 1.807) is 0 Å². The highest BCUT2D eigenvalue weighted by molar-refractivity contribution is 6.19. The van der Waals surface area contributed by atoms with E-state index in [1.165, 1.54) is 13.2 Å². The highest BCUT2D eigenvalue weighted by atomic mass is 35.5. The van der Waals surface area contributed by atoms with Gasteiger partial charge >= 0.3 is 5.97 Å². The monoisotopic (exact) mass is 240 g/mol. The molecule has 0 aliphatic rings. The maximum atomic E-state index is 11.0. The van der Waals surface area contributed by atoms with Crippen LogP contribution >= 0.6 is 11.6 Å². The smallest absolute Gasteiger partial charge is 0.333 e. The van der Waals surface area contributed by atoms with Crippen LogP contribution in [0.2, 0.25) is 0 Å². The van der Waals surface area contributed by atoms with Crippen LogP contribution in [0.25, 0.3) is 0 Å². The van der Waals surface area contributed by atoms with Crippen molar-refractivity contribution in [3.05, 3.63) is 47.7 Å². The molecule has 0 saturated carbocycles. The molecule has 0 atom stereocenters. The molecule has 3 nitrogen and oxygen atoms in total. The molecule has 0 bridgehead atoms. The molecule has 0 aliphatic heterocycles. The van der Waals surface area contributed by atoms with Gasteiger partial charge < -0.3 is 9.47 Å². The molecule has 16 heavy (non-hydrogen) atoms. The summed E-state index contributed by atoms with van der Waals surface area (Å²) in [5.74, 6) is 0.0724. The van der Waals surface area contributed by atoms with E-state index in [9.17, 15) is 4.79 Å². The van der Waals surface area contributed by atoms with Gasteiger partial charge in [-0.1, -0.05) is 30.3 Å². The zero-order valence-electron chi connectivity index (χ0n) is 8.98. The number of alkyl halides is 1. The molecule has 0 radical (unpaired) electrons. The molecule has 1 rings (SSSR count). The number of carbonyl (C=O) groups is 1. The highest BCUT2D eigenvalue weighted by Crippen LogP contribution is 2.07. The maximum absolute atomic E-state index is 11.0. The zero-order valence-corrected chi connectivity index (χ0v) is 9.74. The summed E-state index contributed by atoms with van der Waals surface area (Å²) in [7, 11) is 1.31. The van der Waals surface area contributed by atoms with Crippen LogP contribution in [0.5, 0.6) is 0 Å². The van der Waals surface area contributed by atoms with E-state index in [-0.39, 0.29) is 5.88 Å². The van der Waals surface area contributed by atoms with Crippen molar-refractivity contribution in [2.45, 2.75) is 6.61 Å². The van der Waals surface area contributed by atoms with Crippen LogP contribution < -0.4 is 0 Å². The van der Waals surface area contributed by atoms with Gasteiger partial charge in [0.1, 0.15) is 12.4 Å². The summed E-state index contributed by atoms with van der Waals surface area (Å²) < 4.78 is 9.86. The molecule has 4 heteroatoms. The Kier molecular flexibility index (Phi) is 5.43. The van der Waals surface area contributed by atoms with E-state index >= 15 is 0 Å². The van der Waals surface area contributed by atoms with Gasteiger partial charge in [0.25, 0.3) is 0 Å². The van der Waals surface area contributed by atoms with Gasteiger partial charge in [0.05, 0.1) is 19.1 Å². The normalized spacial score (nSPS) is 11.0. The minimum atomic E-state index is -0.469. The summed E-state index contributed by atoms with van der Waals surface area (Å²) in [5, 5.41) is 0. The summed E-state index contributed by atoms with van der Waals surface area (Å²) in [6.45, 7) is 0.385. The number of halogens is 1. The second kappa shape index (κ2) is 6.90. The minimum absolute atomic E-state index is 0.141. The number of allylic oxidation sites excluding steroid dienone is 1. The Morgan fingerprint density at radius 3 is 2.62 bits per heavy atom. The average molecular weight is 241 g/mol. The molecule has 86 valence electrons. The predicted octanol–water partition coefficient (Wildman–Crippen LogP) is 2.50. The SMILES string of the molecule is COC(=O)/C=C(/CCl)OCc1ccccc1. The topological polar surface area (TPSA) is 35.5 Å². The van der Waals surface area contributed by atoms with Crippen molar-refractivity contribution in [2.75, 3.05) is 13.0 Å². The lowest BCUT2D eigenvalue weighted by molar-refractivity contribution is -0.135. The zero-order chi connectivity index (χ0) is 11.8. The predicted molar refractivity (Wildman–Crippen MR) is 62.1 cm³/mol. The van der Waals surface area contributed by atoms with Gasteiger partial charge in [0, 0.05) is 0 Å². The third-order valence-corrected chi connectivity index (χ3v) is 2.14. The van der Waals surface area contributed by atoms with E-state index in [0.29, 0.717) is 12.4 Å². The average Bonchev–Trinajstić information content (AvgIpc) is 2.35. The molecule has 0 heterocycles. The molecule has 0 saturated heterocycles. The number of benzene rings is 1. The third-order valence-electron chi connectivity index (χ3n) is 1.88. The lowest BCUT2D eigenvalue weighted by atomic mass is 10.2. The first-order valence-electron chi connectivity index (χ1n) is 4.77. The Balaban J connectivity index is 2.52. The van der Waals surface area contributed by atoms with Crippen molar-refractivity contribution in [3.8, 4) is 0 Å². The molecule has 0 amide bonds. The first-order valence-corrected chi connectivity index (χ1v) is 5.31. The molecular formula is C12H13ClO3. The van der Waals surface area contributed by atoms with Crippen molar-refractivity contribution in [2.24, 2.45) is 0 Å².